The molecule has 6 atom stereocenters. The third kappa shape index (κ3) is 9.16. The van der Waals surface area contributed by atoms with Gasteiger partial charge in [0, 0.05) is 41.8 Å². The molecule has 4 fully saturated rings. The van der Waals surface area contributed by atoms with Crippen molar-refractivity contribution in [1.82, 2.24) is 25.2 Å². The van der Waals surface area contributed by atoms with Crippen molar-refractivity contribution < 1.29 is 46.5 Å². The third-order valence-electron chi connectivity index (χ3n) is 12.8. The number of pyridine rings is 1. The number of benzene rings is 3. The second kappa shape index (κ2) is 17.5. The van der Waals surface area contributed by atoms with Gasteiger partial charge in [0.15, 0.2) is 0 Å². The zero-order valence-electron chi connectivity index (χ0n) is 36.5. The Morgan fingerprint density at radius 3 is 2.34 bits per heavy atom. The molecule has 4 aromatic rings. The number of methoxy groups -OCH3 is 1. The Hall–Kier alpha value is -6.00. The van der Waals surface area contributed by atoms with Gasteiger partial charge in [0.2, 0.25) is 21.8 Å². The maximum atomic E-state index is 14.9. The van der Waals surface area contributed by atoms with E-state index in [1.807, 2.05) is 72.8 Å². The predicted octanol–water partition coefficient (Wildman–Crippen LogP) is 5.47. The normalized spacial score (nSPS) is 24.0. The van der Waals surface area contributed by atoms with E-state index in [-0.39, 0.29) is 32.4 Å². The zero-order chi connectivity index (χ0) is 45.4. The fourth-order valence-corrected chi connectivity index (χ4v) is 10.4. The lowest BCUT2D eigenvalue weighted by atomic mass is 9.85. The molecule has 3 aromatic carbocycles. The number of aromatic nitrogens is 1. The minimum absolute atomic E-state index is 0.00607. The number of nitrogens with zero attached hydrogens (tertiary/aromatic N) is 2. The van der Waals surface area contributed by atoms with Gasteiger partial charge in [0.05, 0.1) is 42.8 Å². The summed E-state index contributed by atoms with van der Waals surface area (Å²) >= 11 is 0. The number of amides is 4. The number of rotatable bonds is 15. The number of hydrogen-bond acceptors (Lipinski definition) is 11. The van der Waals surface area contributed by atoms with Crippen molar-refractivity contribution in [3.8, 4) is 22.8 Å². The Labute approximate surface area is 373 Å². The molecule has 0 radical (unpaired) electrons. The number of likely N-dealkylation sites (tertiary alicyclic amines) is 1. The highest BCUT2D eigenvalue weighted by Gasteiger charge is 2.63. The number of nitrogens with one attached hydrogen (secondary N) is 3. The summed E-state index contributed by atoms with van der Waals surface area (Å²) in [5.41, 5.74) is 0.408. The van der Waals surface area contributed by atoms with E-state index in [1.165, 1.54) is 11.0 Å². The number of carbonyl (C=O) groups is 4. The van der Waals surface area contributed by atoms with E-state index in [0.717, 1.165) is 11.1 Å². The number of alkyl carbamates (subject to hydrolysis) is 1. The first-order chi connectivity index (χ1) is 30.5. The van der Waals surface area contributed by atoms with Crippen LogP contribution >= 0.6 is 0 Å². The molecule has 2 saturated heterocycles. The van der Waals surface area contributed by atoms with Gasteiger partial charge in [-0.15, -0.1) is 6.58 Å². The van der Waals surface area contributed by atoms with Crippen LogP contribution in [-0.4, -0.2) is 104 Å². The van der Waals surface area contributed by atoms with Gasteiger partial charge in [-0.2, -0.15) is 0 Å². The van der Waals surface area contributed by atoms with Gasteiger partial charge in [-0.25, -0.2) is 18.2 Å². The van der Waals surface area contributed by atoms with E-state index < -0.39 is 79.7 Å². The monoisotopic (exact) mass is 893 g/mol. The van der Waals surface area contributed by atoms with Crippen LogP contribution in [0, 0.1) is 11.3 Å². The van der Waals surface area contributed by atoms with E-state index >= 15 is 0 Å². The van der Waals surface area contributed by atoms with Gasteiger partial charge in [0.25, 0.3) is 5.91 Å². The van der Waals surface area contributed by atoms with E-state index in [9.17, 15) is 27.6 Å². The van der Waals surface area contributed by atoms with Crippen molar-refractivity contribution in [2.45, 2.75) is 93.9 Å². The Kier molecular flexibility index (Phi) is 12.2. The average Bonchev–Trinajstić information content (AvgIpc) is 4.09. The number of sulfonamides is 1. The van der Waals surface area contributed by atoms with Crippen LogP contribution in [0.2, 0.25) is 0 Å². The molecule has 338 valence electrons. The molecule has 8 rings (SSSR count). The number of hydrogen-bond donors (Lipinski definition) is 3. The molecule has 3 heterocycles. The molecule has 0 spiro atoms. The van der Waals surface area contributed by atoms with Crippen LogP contribution in [0.25, 0.3) is 22.2 Å². The Morgan fingerprint density at radius 1 is 1.00 bits per heavy atom. The number of fused-ring (bicyclic) bond motifs is 1. The molecule has 0 bridgehead atoms. The fourth-order valence-electron chi connectivity index (χ4n) is 8.74. The molecule has 2 aliphatic heterocycles. The molecule has 0 unspecified atom stereocenters. The highest BCUT2D eigenvalue weighted by atomic mass is 32.2. The molecule has 2 aliphatic carbocycles. The molecule has 2 saturated carbocycles. The second-order valence-electron chi connectivity index (χ2n) is 18.4. The third-order valence-corrected chi connectivity index (χ3v) is 14.9. The van der Waals surface area contributed by atoms with Crippen LogP contribution in [0.15, 0.2) is 97.6 Å². The van der Waals surface area contributed by atoms with Gasteiger partial charge in [-0.05, 0) is 48.8 Å². The molecule has 1 aromatic heterocycles. The van der Waals surface area contributed by atoms with Crippen molar-refractivity contribution >= 4 is 44.7 Å². The van der Waals surface area contributed by atoms with Crippen LogP contribution in [-0.2, 0) is 40.3 Å². The number of carbonyl (C=O) groups excluding carboxylic acids is 4. The largest absolute Gasteiger partial charge is 0.497 e. The highest BCUT2D eigenvalue weighted by Crippen LogP contribution is 2.49. The van der Waals surface area contributed by atoms with Crippen molar-refractivity contribution in [1.29, 1.82) is 0 Å². The van der Waals surface area contributed by atoms with Crippen LogP contribution in [0.5, 0.6) is 11.5 Å². The minimum Gasteiger partial charge on any atom is -0.497 e. The summed E-state index contributed by atoms with van der Waals surface area (Å²) in [5, 5.41) is 6.31. The maximum absolute atomic E-state index is 14.9. The SMILES string of the molecule is C=C[C@@H]1C[C@]1(NC(=O)[C@@H]1C[C@@H](Oc2cc(-c3ccccc3)nc3cc(OC)ccc23)CN1C(=O)[C@@H](NC(=O)O[C@H]1CCOC1)C(C)(C)C)C(=O)NS(=O)(=O)C1(Cc2ccccc2)CC1. The van der Waals surface area contributed by atoms with Gasteiger partial charge in [-0.1, -0.05) is 87.5 Å². The quantitative estimate of drug-likeness (QED) is 0.128. The van der Waals surface area contributed by atoms with E-state index in [4.69, 9.17) is 23.9 Å². The lowest BCUT2D eigenvalue weighted by molar-refractivity contribution is -0.143. The highest BCUT2D eigenvalue weighted by molar-refractivity contribution is 7.91. The van der Waals surface area contributed by atoms with Crippen LogP contribution in [0.3, 0.4) is 0 Å². The fraction of sp³-hybridized carbons (Fsp3) is 0.438. The molecule has 64 heavy (non-hydrogen) atoms. The zero-order valence-corrected chi connectivity index (χ0v) is 37.3. The lowest BCUT2D eigenvalue weighted by Gasteiger charge is -2.35. The van der Waals surface area contributed by atoms with Crippen molar-refractivity contribution in [2.75, 3.05) is 26.9 Å². The first-order valence-corrected chi connectivity index (χ1v) is 23.1. The topological polar surface area (TPSA) is 192 Å². The molecule has 15 nitrogen and oxygen atoms in total. The van der Waals surface area contributed by atoms with Crippen molar-refractivity contribution in [3.63, 3.8) is 0 Å². The van der Waals surface area contributed by atoms with E-state index in [2.05, 4.69) is 21.9 Å². The van der Waals surface area contributed by atoms with Gasteiger partial charge in [0.1, 0.15) is 41.3 Å². The van der Waals surface area contributed by atoms with E-state index in [0.29, 0.717) is 54.0 Å². The number of ether oxygens (including phenoxy) is 4. The van der Waals surface area contributed by atoms with Gasteiger partial charge >= 0.3 is 6.09 Å². The Balaban J connectivity index is 1.09. The summed E-state index contributed by atoms with van der Waals surface area (Å²) in [6, 6.07) is 23.7. The molecule has 4 aliphatic rings. The summed E-state index contributed by atoms with van der Waals surface area (Å²) in [6.45, 7) is 9.86. The smallest absolute Gasteiger partial charge is 0.408 e. The lowest BCUT2D eigenvalue weighted by Crippen LogP contribution is -2.60. The van der Waals surface area contributed by atoms with Crippen molar-refractivity contribution in [3.05, 3.63) is 103 Å². The first kappa shape index (κ1) is 44.6. The average molecular weight is 894 g/mol. The van der Waals surface area contributed by atoms with Crippen molar-refractivity contribution in [2.24, 2.45) is 11.3 Å². The summed E-state index contributed by atoms with van der Waals surface area (Å²) in [6.07, 6.45) is 1.11. The Bertz CT molecular complexity index is 2540. The molecule has 3 N–H and O–H groups in total. The van der Waals surface area contributed by atoms with Gasteiger partial charge in [-0.3, -0.25) is 19.1 Å². The summed E-state index contributed by atoms with van der Waals surface area (Å²) in [5.74, 6) is -1.65. The molecular weight excluding hydrogens is 839 g/mol. The van der Waals surface area contributed by atoms with Crippen LogP contribution < -0.4 is 24.8 Å². The summed E-state index contributed by atoms with van der Waals surface area (Å²) in [7, 11) is -2.61. The van der Waals surface area contributed by atoms with Crippen LogP contribution in [0.4, 0.5) is 4.79 Å². The summed E-state index contributed by atoms with van der Waals surface area (Å²) in [4.78, 5) is 63.4. The Morgan fingerprint density at radius 2 is 1.72 bits per heavy atom. The molecule has 4 amide bonds. The standard InChI is InChI=1S/C48H55N5O10S/c1-6-32-27-48(32,44(56)52-64(58,59)47(20-21-47)26-30-13-9-7-10-14-30)51-42(54)39-24-35(28-53(39)43(55)41(46(2,3)4)50-45(57)63-34-19-22-61-29-34)62-40-25-37(31-15-11-8-12-16-31)49-38-23-33(60-5)17-18-36(38)40/h6-18,23,25,32,34-35,39,41H,1,19-22,24,26-29H2,2-5H3,(H,50,57)(H,51,54)(H,52,56)/t32-,34+,35-,39+,41-,48-/m1/s1. The minimum atomic E-state index is -4.18. The molecular formula is C48H55N5O10S. The molecule has 16 heteroatoms. The predicted molar refractivity (Wildman–Crippen MR) is 239 cm³/mol. The second-order valence-corrected chi connectivity index (χ2v) is 20.4. The summed E-state index contributed by atoms with van der Waals surface area (Å²) < 4.78 is 52.2. The van der Waals surface area contributed by atoms with E-state index in [1.54, 1.807) is 40.0 Å². The first-order valence-electron chi connectivity index (χ1n) is 21.7. The maximum Gasteiger partial charge on any atom is 0.408 e. The van der Waals surface area contributed by atoms with Gasteiger partial charge < -0.3 is 34.5 Å². The van der Waals surface area contributed by atoms with Crippen LogP contribution in [0.1, 0.15) is 58.4 Å².